The Kier molecular flexibility index (Phi) is 3.36. The number of piperidine rings is 1. The van der Waals surface area contributed by atoms with E-state index in [-0.39, 0.29) is 17.7 Å². The van der Waals surface area contributed by atoms with Crippen LogP contribution in [0.5, 0.6) is 5.75 Å². The van der Waals surface area contributed by atoms with Crippen LogP contribution in [0.4, 0.5) is 0 Å². The van der Waals surface area contributed by atoms with E-state index in [1.165, 1.54) is 12.5 Å². The summed E-state index contributed by atoms with van der Waals surface area (Å²) in [6, 6.07) is 6.86. The maximum Gasteiger partial charge on any atom is 0.254 e. The maximum absolute atomic E-state index is 12.3. The Morgan fingerprint density at radius 1 is 1.41 bits per heavy atom. The van der Waals surface area contributed by atoms with Gasteiger partial charge in [0, 0.05) is 18.2 Å². The van der Waals surface area contributed by atoms with E-state index in [0.717, 1.165) is 13.0 Å². The number of likely N-dealkylation sites (tertiary alicyclic amines) is 1. The van der Waals surface area contributed by atoms with Gasteiger partial charge in [0.25, 0.3) is 5.91 Å². The summed E-state index contributed by atoms with van der Waals surface area (Å²) in [4.78, 5) is 14.2. The second-order valence-corrected chi connectivity index (χ2v) is 4.91. The third-order valence-corrected chi connectivity index (χ3v) is 3.73. The van der Waals surface area contributed by atoms with Crippen molar-refractivity contribution in [2.45, 2.75) is 32.7 Å². The van der Waals surface area contributed by atoms with Gasteiger partial charge in [-0.05, 0) is 43.9 Å². The lowest BCUT2D eigenvalue weighted by molar-refractivity contribution is 0.0550. The monoisotopic (exact) mass is 233 g/mol. The van der Waals surface area contributed by atoms with Crippen LogP contribution < -0.4 is 0 Å². The predicted molar refractivity (Wildman–Crippen MR) is 67.0 cm³/mol. The van der Waals surface area contributed by atoms with Crippen LogP contribution in [0, 0.1) is 5.92 Å². The molecule has 1 aromatic rings. The van der Waals surface area contributed by atoms with Crippen molar-refractivity contribution in [1.29, 1.82) is 0 Å². The molecule has 1 heterocycles. The van der Waals surface area contributed by atoms with E-state index in [0.29, 0.717) is 11.5 Å². The Morgan fingerprint density at radius 3 is 2.88 bits per heavy atom. The van der Waals surface area contributed by atoms with E-state index in [2.05, 4.69) is 13.8 Å². The van der Waals surface area contributed by atoms with E-state index < -0.39 is 0 Å². The van der Waals surface area contributed by atoms with Gasteiger partial charge in [-0.1, -0.05) is 13.0 Å². The minimum absolute atomic E-state index is 0.0277. The molecule has 0 spiro atoms. The third-order valence-electron chi connectivity index (χ3n) is 3.73. The Balaban J connectivity index is 2.19. The molecule has 1 saturated heterocycles. The number of phenols is 1. The molecule has 1 N–H and O–H groups in total. The molecular formula is C14H19NO2. The number of phenolic OH excluding ortho intramolecular Hbond substituents is 1. The van der Waals surface area contributed by atoms with Crippen molar-refractivity contribution in [1.82, 2.24) is 4.90 Å². The molecule has 0 radical (unpaired) electrons. The van der Waals surface area contributed by atoms with Gasteiger partial charge in [0.05, 0.1) is 0 Å². The van der Waals surface area contributed by atoms with E-state index in [4.69, 9.17) is 0 Å². The number of hydrogen-bond acceptors (Lipinski definition) is 2. The second kappa shape index (κ2) is 4.78. The summed E-state index contributed by atoms with van der Waals surface area (Å²) < 4.78 is 0. The van der Waals surface area contributed by atoms with E-state index in [1.54, 1.807) is 18.2 Å². The zero-order valence-electron chi connectivity index (χ0n) is 10.4. The van der Waals surface area contributed by atoms with E-state index in [9.17, 15) is 9.90 Å². The summed E-state index contributed by atoms with van der Waals surface area (Å²) in [7, 11) is 0. The molecule has 1 fully saturated rings. The highest BCUT2D eigenvalue weighted by Crippen LogP contribution is 2.25. The van der Waals surface area contributed by atoms with Crippen molar-refractivity contribution in [3.8, 4) is 5.75 Å². The number of benzene rings is 1. The Bertz CT molecular complexity index is 416. The fourth-order valence-corrected chi connectivity index (χ4v) is 2.43. The van der Waals surface area contributed by atoms with Crippen LogP contribution in [0.1, 0.15) is 37.0 Å². The van der Waals surface area contributed by atoms with Gasteiger partial charge in [0.15, 0.2) is 0 Å². The number of carbonyl (C=O) groups is 1. The number of carbonyl (C=O) groups excluding carboxylic acids is 1. The number of aromatic hydroxyl groups is 1. The largest absolute Gasteiger partial charge is 0.508 e. The van der Waals surface area contributed by atoms with Crippen molar-refractivity contribution >= 4 is 5.91 Å². The second-order valence-electron chi connectivity index (χ2n) is 4.91. The van der Waals surface area contributed by atoms with Crippen molar-refractivity contribution in [3.05, 3.63) is 29.8 Å². The van der Waals surface area contributed by atoms with Gasteiger partial charge in [-0.25, -0.2) is 0 Å². The normalized spacial score (nSPS) is 24.7. The van der Waals surface area contributed by atoms with Crippen LogP contribution in [0.15, 0.2) is 24.3 Å². The lowest BCUT2D eigenvalue weighted by Crippen LogP contribution is -2.46. The van der Waals surface area contributed by atoms with Crippen LogP contribution in [0.25, 0.3) is 0 Å². The SMILES string of the molecule is CC1CCCN(C(=O)c2cccc(O)c2)C1C. The quantitative estimate of drug-likeness (QED) is 0.810. The highest BCUT2D eigenvalue weighted by Gasteiger charge is 2.28. The third kappa shape index (κ3) is 2.43. The van der Waals surface area contributed by atoms with Crippen LogP contribution in [-0.2, 0) is 0 Å². The van der Waals surface area contributed by atoms with Crippen LogP contribution in [-0.4, -0.2) is 28.5 Å². The first kappa shape index (κ1) is 12.0. The molecule has 0 aromatic heterocycles. The highest BCUT2D eigenvalue weighted by atomic mass is 16.3. The van der Waals surface area contributed by atoms with Gasteiger partial charge in [0.2, 0.25) is 0 Å². The first-order valence-corrected chi connectivity index (χ1v) is 6.19. The number of hydrogen-bond donors (Lipinski definition) is 1. The summed E-state index contributed by atoms with van der Waals surface area (Å²) in [5.74, 6) is 0.721. The summed E-state index contributed by atoms with van der Waals surface area (Å²) in [5, 5.41) is 9.41. The molecule has 3 nitrogen and oxygen atoms in total. The fraction of sp³-hybridized carbons (Fsp3) is 0.500. The average Bonchev–Trinajstić information content (AvgIpc) is 2.32. The van der Waals surface area contributed by atoms with Crippen molar-refractivity contribution < 1.29 is 9.90 Å². The van der Waals surface area contributed by atoms with Gasteiger partial charge in [-0.3, -0.25) is 4.79 Å². The lowest BCUT2D eigenvalue weighted by Gasteiger charge is -2.38. The molecule has 0 saturated carbocycles. The molecule has 1 amide bonds. The molecular weight excluding hydrogens is 214 g/mol. The summed E-state index contributed by atoms with van der Waals surface area (Å²) in [5.41, 5.74) is 0.575. The Hall–Kier alpha value is -1.51. The van der Waals surface area contributed by atoms with Crippen LogP contribution in [0.3, 0.4) is 0 Å². The number of nitrogens with zero attached hydrogens (tertiary/aromatic N) is 1. The zero-order chi connectivity index (χ0) is 12.4. The topological polar surface area (TPSA) is 40.5 Å². The Morgan fingerprint density at radius 2 is 2.18 bits per heavy atom. The molecule has 2 rings (SSSR count). The lowest BCUT2D eigenvalue weighted by atomic mass is 9.91. The number of rotatable bonds is 1. The smallest absolute Gasteiger partial charge is 0.254 e. The van der Waals surface area contributed by atoms with Crippen LogP contribution >= 0.6 is 0 Å². The molecule has 92 valence electrons. The first-order valence-electron chi connectivity index (χ1n) is 6.19. The van der Waals surface area contributed by atoms with E-state index in [1.807, 2.05) is 4.90 Å². The summed E-state index contributed by atoms with van der Waals surface area (Å²) in [6.45, 7) is 5.11. The maximum atomic E-state index is 12.3. The molecule has 1 aliphatic heterocycles. The van der Waals surface area contributed by atoms with Crippen molar-refractivity contribution in [2.75, 3.05) is 6.54 Å². The van der Waals surface area contributed by atoms with E-state index >= 15 is 0 Å². The zero-order valence-corrected chi connectivity index (χ0v) is 10.4. The first-order chi connectivity index (χ1) is 8.09. The van der Waals surface area contributed by atoms with Gasteiger partial charge in [-0.2, -0.15) is 0 Å². The minimum Gasteiger partial charge on any atom is -0.508 e. The summed E-state index contributed by atoms with van der Waals surface area (Å²) in [6.07, 6.45) is 2.25. The molecule has 2 unspecified atom stereocenters. The molecule has 2 atom stereocenters. The van der Waals surface area contributed by atoms with Gasteiger partial charge in [0.1, 0.15) is 5.75 Å². The molecule has 0 aliphatic carbocycles. The van der Waals surface area contributed by atoms with Gasteiger partial charge < -0.3 is 10.0 Å². The van der Waals surface area contributed by atoms with Crippen molar-refractivity contribution in [2.24, 2.45) is 5.92 Å². The van der Waals surface area contributed by atoms with Crippen molar-refractivity contribution in [3.63, 3.8) is 0 Å². The number of amides is 1. The minimum atomic E-state index is 0.0277. The molecule has 0 bridgehead atoms. The van der Waals surface area contributed by atoms with Gasteiger partial charge >= 0.3 is 0 Å². The highest BCUT2D eigenvalue weighted by molar-refractivity contribution is 5.94. The average molecular weight is 233 g/mol. The fourth-order valence-electron chi connectivity index (χ4n) is 2.43. The predicted octanol–water partition coefficient (Wildman–Crippen LogP) is 2.65. The van der Waals surface area contributed by atoms with Gasteiger partial charge in [-0.15, -0.1) is 0 Å². The Labute approximate surface area is 102 Å². The van der Waals surface area contributed by atoms with Crippen LogP contribution in [0.2, 0.25) is 0 Å². The molecule has 3 heteroatoms. The standard InChI is InChI=1S/C14H19NO2/c1-10-5-4-8-15(11(10)2)14(17)12-6-3-7-13(16)9-12/h3,6-7,9-11,16H,4-5,8H2,1-2H3. The summed E-state index contributed by atoms with van der Waals surface area (Å²) >= 11 is 0. The molecule has 17 heavy (non-hydrogen) atoms. The molecule has 1 aromatic carbocycles. The molecule has 1 aliphatic rings.